The molecule has 0 aromatic heterocycles. The Hall–Kier alpha value is -1.35. The minimum absolute atomic E-state index is 0.0920. The van der Waals surface area contributed by atoms with Gasteiger partial charge in [-0.2, -0.15) is 0 Å². The van der Waals surface area contributed by atoms with Gasteiger partial charge in [-0.25, -0.2) is 0 Å². The summed E-state index contributed by atoms with van der Waals surface area (Å²) in [5, 5.41) is 13.5. The second kappa shape index (κ2) is 7.28. The molecule has 0 saturated heterocycles. The van der Waals surface area contributed by atoms with Crippen molar-refractivity contribution in [1.29, 1.82) is 0 Å². The largest absolute Gasteiger partial charge is 0.388 e. The number of carbonyl (C=O) groups is 1. The maximum atomic E-state index is 12.1. The number of nitrogens with one attached hydrogen (secondary N) is 1. The summed E-state index contributed by atoms with van der Waals surface area (Å²) in [5.41, 5.74) is 3.46. The lowest BCUT2D eigenvalue weighted by molar-refractivity contribution is -0.122. The fourth-order valence-electron chi connectivity index (χ4n) is 3.16. The first-order valence-corrected chi connectivity index (χ1v) is 8.48. The zero-order valence-corrected chi connectivity index (χ0v) is 14.2. The van der Waals surface area contributed by atoms with Crippen molar-refractivity contribution in [2.75, 3.05) is 0 Å². The van der Waals surface area contributed by atoms with Crippen molar-refractivity contribution in [3.8, 4) is 0 Å². The van der Waals surface area contributed by atoms with E-state index in [9.17, 15) is 9.90 Å². The minimum atomic E-state index is -0.445. The third kappa shape index (κ3) is 4.10. The minimum Gasteiger partial charge on any atom is -0.388 e. The van der Waals surface area contributed by atoms with Crippen LogP contribution >= 0.6 is 0 Å². The Morgan fingerprint density at radius 2 is 2.05 bits per heavy atom. The van der Waals surface area contributed by atoms with Crippen molar-refractivity contribution in [2.24, 2.45) is 11.8 Å². The first-order chi connectivity index (χ1) is 10.4. The highest BCUT2D eigenvalue weighted by molar-refractivity contribution is 5.76. The van der Waals surface area contributed by atoms with Gasteiger partial charge in [0.05, 0.1) is 12.1 Å². The number of hydrogen-bond donors (Lipinski definition) is 2. The summed E-state index contributed by atoms with van der Waals surface area (Å²) in [5.74, 6) is 0.690. The van der Waals surface area contributed by atoms with E-state index in [0.29, 0.717) is 12.3 Å². The summed E-state index contributed by atoms with van der Waals surface area (Å²) in [6, 6.07) is 6.34. The molecule has 2 N–H and O–H groups in total. The van der Waals surface area contributed by atoms with E-state index in [0.717, 1.165) is 24.8 Å². The summed E-state index contributed by atoms with van der Waals surface area (Å²) in [6.45, 7) is 8.16. The van der Waals surface area contributed by atoms with Gasteiger partial charge in [0.25, 0.3) is 0 Å². The molecule has 2 rings (SSSR count). The standard InChI is InChI=1S/C19H29NO2/c1-12(2)10-18(21)20-17-7-5-6-14-8-9-15(11-16(14)17)19(22)13(3)4/h8-9,11-13,17,19,22H,5-7,10H2,1-4H3,(H,20,21). The second-order valence-electron chi connectivity index (χ2n) is 7.26. The topological polar surface area (TPSA) is 49.3 Å². The van der Waals surface area contributed by atoms with E-state index in [1.54, 1.807) is 0 Å². The Kier molecular flexibility index (Phi) is 5.63. The van der Waals surface area contributed by atoms with Crippen LogP contribution < -0.4 is 5.32 Å². The number of benzene rings is 1. The van der Waals surface area contributed by atoms with Gasteiger partial charge in [0.15, 0.2) is 0 Å². The number of amides is 1. The highest BCUT2D eigenvalue weighted by atomic mass is 16.3. The molecule has 22 heavy (non-hydrogen) atoms. The van der Waals surface area contributed by atoms with Gasteiger partial charge in [-0.3, -0.25) is 4.79 Å². The molecule has 1 aliphatic rings. The van der Waals surface area contributed by atoms with Gasteiger partial charge >= 0.3 is 0 Å². The molecule has 0 aliphatic heterocycles. The summed E-state index contributed by atoms with van der Waals surface area (Å²) < 4.78 is 0. The van der Waals surface area contributed by atoms with E-state index < -0.39 is 6.10 Å². The number of aryl methyl sites for hydroxylation is 1. The Morgan fingerprint density at radius 1 is 1.32 bits per heavy atom. The van der Waals surface area contributed by atoms with Crippen LogP contribution in [0, 0.1) is 11.8 Å². The van der Waals surface area contributed by atoms with Gasteiger partial charge < -0.3 is 10.4 Å². The Balaban J connectivity index is 2.20. The molecule has 1 aromatic carbocycles. The fourth-order valence-corrected chi connectivity index (χ4v) is 3.16. The van der Waals surface area contributed by atoms with Crippen LogP contribution in [0.4, 0.5) is 0 Å². The van der Waals surface area contributed by atoms with E-state index >= 15 is 0 Å². The normalized spacial score (nSPS) is 19.1. The van der Waals surface area contributed by atoms with Gasteiger partial charge in [0.1, 0.15) is 0 Å². The molecular formula is C19H29NO2. The number of rotatable bonds is 5. The van der Waals surface area contributed by atoms with E-state index in [4.69, 9.17) is 0 Å². The third-order valence-electron chi connectivity index (χ3n) is 4.39. The molecule has 2 atom stereocenters. The van der Waals surface area contributed by atoms with Crippen LogP contribution in [0.1, 0.15) is 75.8 Å². The van der Waals surface area contributed by atoms with Crippen LogP contribution in [-0.4, -0.2) is 11.0 Å². The van der Waals surface area contributed by atoms with Gasteiger partial charge in [-0.15, -0.1) is 0 Å². The molecule has 122 valence electrons. The van der Waals surface area contributed by atoms with Gasteiger partial charge in [0.2, 0.25) is 5.91 Å². The molecule has 0 saturated carbocycles. The lowest BCUT2D eigenvalue weighted by Gasteiger charge is -2.28. The van der Waals surface area contributed by atoms with Crippen LogP contribution in [0.5, 0.6) is 0 Å². The van der Waals surface area contributed by atoms with Crippen LogP contribution in [0.2, 0.25) is 0 Å². The molecule has 1 aromatic rings. The summed E-state index contributed by atoms with van der Waals surface area (Å²) >= 11 is 0. The SMILES string of the molecule is CC(C)CC(=O)NC1CCCc2ccc(C(O)C(C)C)cc21. The highest BCUT2D eigenvalue weighted by Crippen LogP contribution is 2.33. The smallest absolute Gasteiger partial charge is 0.220 e. The van der Waals surface area contributed by atoms with Crippen LogP contribution in [0.15, 0.2) is 18.2 Å². The molecule has 0 fully saturated rings. The van der Waals surface area contributed by atoms with E-state index in [2.05, 4.69) is 31.3 Å². The van der Waals surface area contributed by atoms with Crippen LogP contribution in [0.25, 0.3) is 0 Å². The second-order valence-corrected chi connectivity index (χ2v) is 7.26. The molecule has 1 amide bonds. The number of fused-ring (bicyclic) bond motifs is 1. The van der Waals surface area contributed by atoms with Crippen molar-refractivity contribution in [3.63, 3.8) is 0 Å². The first-order valence-electron chi connectivity index (χ1n) is 8.48. The maximum absolute atomic E-state index is 12.1. The van der Waals surface area contributed by atoms with E-state index in [1.165, 1.54) is 11.1 Å². The average Bonchev–Trinajstić information content (AvgIpc) is 2.45. The molecule has 0 radical (unpaired) electrons. The van der Waals surface area contributed by atoms with E-state index in [1.807, 2.05) is 19.9 Å². The van der Waals surface area contributed by atoms with Gasteiger partial charge in [-0.05, 0) is 47.8 Å². The molecule has 2 unspecified atom stereocenters. The van der Waals surface area contributed by atoms with Crippen LogP contribution in [0.3, 0.4) is 0 Å². The summed E-state index contributed by atoms with van der Waals surface area (Å²) in [4.78, 5) is 12.1. The van der Waals surface area contributed by atoms with E-state index in [-0.39, 0.29) is 17.9 Å². The number of aliphatic hydroxyl groups is 1. The molecule has 0 bridgehead atoms. The fraction of sp³-hybridized carbons (Fsp3) is 0.632. The van der Waals surface area contributed by atoms with Crippen molar-refractivity contribution < 1.29 is 9.90 Å². The third-order valence-corrected chi connectivity index (χ3v) is 4.39. The molecule has 3 nitrogen and oxygen atoms in total. The zero-order chi connectivity index (χ0) is 16.3. The lowest BCUT2D eigenvalue weighted by Crippen LogP contribution is -2.31. The number of carbonyl (C=O) groups excluding carboxylic acids is 1. The monoisotopic (exact) mass is 303 g/mol. The van der Waals surface area contributed by atoms with Gasteiger partial charge in [0, 0.05) is 6.42 Å². The predicted octanol–water partition coefficient (Wildman–Crippen LogP) is 3.92. The highest BCUT2D eigenvalue weighted by Gasteiger charge is 2.24. The maximum Gasteiger partial charge on any atom is 0.220 e. The van der Waals surface area contributed by atoms with Crippen LogP contribution in [-0.2, 0) is 11.2 Å². The summed E-state index contributed by atoms with van der Waals surface area (Å²) in [6.07, 6.45) is 3.27. The molecule has 3 heteroatoms. The van der Waals surface area contributed by atoms with Crippen molar-refractivity contribution in [3.05, 3.63) is 34.9 Å². The average molecular weight is 303 g/mol. The molecular weight excluding hydrogens is 274 g/mol. The number of aliphatic hydroxyl groups excluding tert-OH is 1. The molecule has 0 spiro atoms. The predicted molar refractivity (Wildman–Crippen MR) is 89.5 cm³/mol. The van der Waals surface area contributed by atoms with Crippen molar-refractivity contribution >= 4 is 5.91 Å². The zero-order valence-electron chi connectivity index (χ0n) is 14.2. The molecule has 1 aliphatic carbocycles. The Bertz CT molecular complexity index is 522. The van der Waals surface area contributed by atoms with Gasteiger partial charge in [-0.1, -0.05) is 45.9 Å². The number of hydrogen-bond acceptors (Lipinski definition) is 2. The van der Waals surface area contributed by atoms with Crippen molar-refractivity contribution in [1.82, 2.24) is 5.32 Å². The Morgan fingerprint density at radius 3 is 2.68 bits per heavy atom. The quantitative estimate of drug-likeness (QED) is 0.866. The lowest BCUT2D eigenvalue weighted by atomic mass is 9.84. The summed E-state index contributed by atoms with van der Waals surface area (Å²) in [7, 11) is 0. The van der Waals surface area contributed by atoms with Crippen molar-refractivity contribution in [2.45, 2.75) is 65.5 Å². The Labute approximate surface area is 134 Å². The molecule has 0 heterocycles. The first kappa shape index (κ1) is 17.0.